The highest BCUT2D eigenvalue weighted by atomic mass is 32.1. The summed E-state index contributed by atoms with van der Waals surface area (Å²) < 4.78 is 27.6. The van der Waals surface area contributed by atoms with Crippen molar-refractivity contribution in [3.8, 4) is 0 Å². The Morgan fingerprint density at radius 3 is 2.71 bits per heavy atom. The molecule has 0 radical (unpaired) electrons. The molecule has 146 valence electrons. The molecule has 5 nitrogen and oxygen atoms in total. The number of nitrogens with one attached hydrogen (secondary N) is 1. The molecule has 1 fully saturated rings. The number of rotatable bonds is 4. The summed E-state index contributed by atoms with van der Waals surface area (Å²) in [4.78, 5) is 21.0. The van der Waals surface area contributed by atoms with Gasteiger partial charge >= 0.3 is 0 Å². The number of carbonyl (C=O) groups excluding carboxylic acids is 1. The lowest BCUT2D eigenvalue weighted by atomic mass is 10.2. The van der Waals surface area contributed by atoms with E-state index in [0.29, 0.717) is 4.70 Å². The lowest BCUT2D eigenvalue weighted by Crippen LogP contribution is -2.39. The molecule has 2 aromatic carbocycles. The van der Waals surface area contributed by atoms with Crippen LogP contribution in [-0.4, -0.2) is 37.6 Å². The van der Waals surface area contributed by atoms with E-state index in [-0.39, 0.29) is 22.6 Å². The minimum Gasteiger partial charge on any atom is -0.378 e. The van der Waals surface area contributed by atoms with Crippen LogP contribution < -0.4 is 15.1 Å². The molecule has 1 amide bonds. The molecule has 0 saturated carbocycles. The van der Waals surface area contributed by atoms with Crippen LogP contribution in [0, 0.1) is 11.6 Å². The zero-order chi connectivity index (χ0) is 19.8. The second-order valence-electron chi connectivity index (χ2n) is 7.00. The summed E-state index contributed by atoms with van der Waals surface area (Å²) in [7, 11) is 3.96. The fraction of sp³-hybridized carbons (Fsp3) is 0.300. The van der Waals surface area contributed by atoms with E-state index in [0.717, 1.165) is 48.2 Å². The van der Waals surface area contributed by atoms with Crippen LogP contribution >= 0.6 is 11.3 Å². The third-order valence-corrected chi connectivity index (χ3v) is 5.81. The van der Waals surface area contributed by atoms with Gasteiger partial charge in [0.1, 0.15) is 17.4 Å². The predicted octanol–water partition coefficient (Wildman–Crippen LogP) is 4.25. The molecule has 0 bridgehead atoms. The Bertz CT molecular complexity index is 1020. The number of thiazole rings is 1. The van der Waals surface area contributed by atoms with Gasteiger partial charge in [0.2, 0.25) is 5.91 Å². The second kappa shape index (κ2) is 7.35. The van der Waals surface area contributed by atoms with Gasteiger partial charge in [-0.3, -0.25) is 4.79 Å². The van der Waals surface area contributed by atoms with Gasteiger partial charge in [-0.25, -0.2) is 13.8 Å². The van der Waals surface area contributed by atoms with Crippen LogP contribution in [0.1, 0.15) is 12.8 Å². The number of halogens is 2. The average molecular weight is 402 g/mol. The molecular formula is C20H20F2N4OS. The highest BCUT2D eigenvalue weighted by molar-refractivity contribution is 7.22. The monoisotopic (exact) mass is 402 g/mol. The van der Waals surface area contributed by atoms with Crippen molar-refractivity contribution in [1.29, 1.82) is 0 Å². The molecule has 0 aliphatic carbocycles. The zero-order valence-corrected chi connectivity index (χ0v) is 16.4. The number of hydrogen-bond acceptors (Lipinski definition) is 5. The molecule has 2 heterocycles. The second-order valence-corrected chi connectivity index (χ2v) is 8.04. The quantitative estimate of drug-likeness (QED) is 0.709. The first kappa shape index (κ1) is 18.6. The summed E-state index contributed by atoms with van der Waals surface area (Å²) in [6.07, 6.45) is 1.64. The van der Waals surface area contributed by atoms with Crippen LogP contribution in [0.3, 0.4) is 0 Å². The molecule has 0 spiro atoms. The van der Waals surface area contributed by atoms with Gasteiger partial charge in [0.25, 0.3) is 0 Å². The van der Waals surface area contributed by atoms with Crippen LogP contribution in [-0.2, 0) is 4.79 Å². The van der Waals surface area contributed by atoms with Crippen molar-refractivity contribution in [3.63, 3.8) is 0 Å². The van der Waals surface area contributed by atoms with E-state index in [1.54, 1.807) is 0 Å². The highest BCUT2D eigenvalue weighted by Gasteiger charge is 2.31. The number of aromatic nitrogens is 1. The first-order chi connectivity index (χ1) is 13.4. The summed E-state index contributed by atoms with van der Waals surface area (Å²) in [5, 5.41) is 3.06. The van der Waals surface area contributed by atoms with Crippen LogP contribution in [0.5, 0.6) is 0 Å². The fourth-order valence-corrected chi connectivity index (χ4v) is 4.40. The Balaban J connectivity index is 1.53. The van der Waals surface area contributed by atoms with E-state index in [1.165, 1.54) is 6.07 Å². The number of carbonyl (C=O) groups is 1. The standard InChI is InChI=1S/C20H20F2N4OS/c1-25(2)13-5-7-14(8-6-13)26-9-3-4-16(26)19(27)24-20-23-18-15(22)10-12(21)11-17(18)28-20/h5-8,10-11,16H,3-4,9H2,1-2H3,(H,23,24,27). The normalized spacial score (nSPS) is 16.6. The Morgan fingerprint density at radius 1 is 1.25 bits per heavy atom. The molecule has 28 heavy (non-hydrogen) atoms. The van der Waals surface area contributed by atoms with E-state index < -0.39 is 11.6 Å². The summed E-state index contributed by atoms with van der Waals surface area (Å²) in [6.45, 7) is 0.791. The highest BCUT2D eigenvalue weighted by Crippen LogP contribution is 2.31. The van der Waals surface area contributed by atoms with Gasteiger partial charge < -0.3 is 15.1 Å². The van der Waals surface area contributed by atoms with Crippen LogP contribution in [0.2, 0.25) is 0 Å². The van der Waals surface area contributed by atoms with Crippen molar-refractivity contribution in [2.24, 2.45) is 0 Å². The number of nitrogens with zero attached hydrogens (tertiary/aromatic N) is 3. The maximum atomic E-state index is 13.9. The summed E-state index contributed by atoms with van der Waals surface area (Å²) in [5.41, 5.74) is 2.15. The van der Waals surface area contributed by atoms with Crippen molar-refractivity contribution in [2.45, 2.75) is 18.9 Å². The minimum absolute atomic E-state index is 0.0734. The third kappa shape index (κ3) is 3.52. The lowest BCUT2D eigenvalue weighted by molar-refractivity contribution is -0.117. The molecule has 3 aromatic rings. The maximum Gasteiger partial charge on any atom is 0.248 e. The number of fused-ring (bicyclic) bond motifs is 1. The third-order valence-electron chi connectivity index (χ3n) is 4.90. The van der Waals surface area contributed by atoms with Crippen LogP contribution in [0.25, 0.3) is 10.2 Å². The molecule has 4 rings (SSSR count). The molecule has 8 heteroatoms. The summed E-state index contributed by atoms with van der Waals surface area (Å²) >= 11 is 1.07. The largest absolute Gasteiger partial charge is 0.378 e. The van der Waals surface area contributed by atoms with Crippen molar-refractivity contribution < 1.29 is 13.6 Å². The van der Waals surface area contributed by atoms with Gasteiger partial charge in [0.05, 0.1) is 4.70 Å². The fourth-order valence-electron chi connectivity index (χ4n) is 3.49. The SMILES string of the molecule is CN(C)c1ccc(N2CCCC2C(=O)Nc2nc3c(F)cc(F)cc3s2)cc1. The topological polar surface area (TPSA) is 48.5 Å². The Kier molecular flexibility index (Phi) is 4.89. The average Bonchev–Trinajstić information content (AvgIpc) is 3.28. The smallest absolute Gasteiger partial charge is 0.248 e. The zero-order valence-electron chi connectivity index (χ0n) is 15.6. The van der Waals surface area contributed by atoms with Gasteiger partial charge in [-0.1, -0.05) is 11.3 Å². The first-order valence-corrected chi connectivity index (χ1v) is 9.84. The van der Waals surface area contributed by atoms with Crippen LogP contribution in [0.15, 0.2) is 36.4 Å². The van der Waals surface area contributed by atoms with Gasteiger partial charge in [0.15, 0.2) is 10.9 Å². The summed E-state index contributed by atoms with van der Waals surface area (Å²) in [6, 6.07) is 9.76. The molecule has 1 unspecified atom stereocenters. The number of hydrogen-bond donors (Lipinski definition) is 1. The number of amides is 1. The van der Waals surface area contributed by atoms with Crippen molar-refractivity contribution in [3.05, 3.63) is 48.0 Å². The number of anilines is 3. The van der Waals surface area contributed by atoms with Crippen molar-refractivity contribution >= 4 is 44.0 Å². The van der Waals surface area contributed by atoms with E-state index >= 15 is 0 Å². The lowest BCUT2D eigenvalue weighted by Gasteiger charge is -2.26. The molecule has 1 N–H and O–H groups in total. The summed E-state index contributed by atoms with van der Waals surface area (Å²) in [5.74, 6) is -1.57. The van der Waals surface area contributed by atoms with Crippen molar-refractivity contribution in [2.75, 3.05) is 35.8 Å². The van der Waals surface area contributed by atoms with Crippen LogP contribution in [0.4, 0.5) is 25.3 Å². The maximum absolute atomic E-state index is 13.9. The first-order valence-electron chi connectivity index (χ1n) is 9.03. The van der Waals surface area contributed by atoms with Gasteiger partial charge in [0, 0.05) is 38.1 Å². The molecular weight excluding hydrogens is 382 g/mol. The van der Waals surface area contributed by atoms with E-state index in [1.807, 2.05) is 43.3 Å². The Morgan fingerprint density at radius 2 is 2.00 bits per heavy atom. The molecule has 1 aromatic heterocycles. The van der Waals surface area contributed by atoms with Crippen molar-refractivity contribution in [1.82, 2.24) is 4.98 Å². The predicted molar refractivity (Wildman–Crippen MR) is 109 cm³/mol. The van der Waals surface area contributed by atoms with Gasteiger partial charge in [-0.15, -0.1) is 0 Å². The molecule has 1 aliphatic heterocycles. The minimum atomic E-state index is -0.727. The number of benzene rings is 2. The molecule has 1 aliphatic rings. The van der Waals surface area contributed by atoms with Gasteiger partial charge in [-0.05, 0) is 43.2 Å². The Labute approximate surface area is 165 Å². The van der Waals surface area contributed by atoms with E-state index in [4.69, 9.17) is 0 Å². The van der Waals surface area contributed by atoms with E-state index in [9.17, 15) is 13.6 Å². The van der Waals surface area contributed by atoms with Gasteiger partial charge in [-0.2, -0.15) is 0 Å². The molecule has 1 atom stereocenters. The Hall–Kier alpha value is -2.74. The van der Waals surface area contributed by atoms with E-state index in [2.05, 4.69) is 15.2 Å². The molecule has 1 saturated heterocycles.